The van der Waals surface area contributed by atoms with Crippen molar-refractivity contribution in [2.45, 2.75) is 19.9 Å². The van der Waals surface area contributed by atoms with Gasteiger partial charge in [-0.2, -0.15) is 0 Å². The highest BCUT2D eigenvalue weighted by atomic mass is 35.5. The summed E-state index contributed by atoms with van der Waals surface area (Å²) in [4.78, 5) is 20.6. The van der Waals surface area contributed by atoms with Crippen molar-refractivity contribution in [2.24, 2.45) is 0 Å². The Morgan fingerprint density at radius 3 is 2.65 bits per heavy atom. The van der Waals surface area contributed by atoms with Gasteiger partial charge in [0.15, 0.2) is 5.82 Å². The summed E-state index contributed by atoms with van der Waals surface area (Å²) in [7, 11) is 0. The SMILES string of the molecule is CCCSNc1ccc(Cl)c(NC(=O)Nc2cc(NCc3ccccc3)ncn2)c1F. The maximum absolute atomic E-state index is 14.7. The summed E-state index contributed by atoms with van der Waals surface area (Å²) in [6.45, 7) is 2.60. The monoisotopic (exact) mass is 460 g/mol. The number of urea groups is 1. The highest BCUT2D eigenvalue weighted by Crippen LogP contribution is 2.32. The Balaban J connectivity index is 1.62. The van der Waals surface area contributed by atoms with Crippen LogP contribution in [0.4, 0.5) is 32.2 Å². The molecule has 10 heteroatoms. The summed E-state index contributed by atoms with van der Waals surface area (Å²) in [6, 6.07) is 13.8. The minimum Gasteiger partial charge on any atom is -0.366 e. The van der Waals surface area contributed by atoms with Gasteiger partial charge >= 0.3 is 6.03 Å². The summed E-state index contributed by atoms with van der Waals surface area (Å²) < 4.78 is 17.7. The molecule has 31 heavy (non-hydrogen) atoms. The Hall–Kier alpha value is -3.04. The van der Waals surface area contributed by atoms with Crippen LogP contribution in [0.25, 0.3) is 0 Å². The first-order valence-corrected chi connectivity index (χ1v) is 11.0. The summed E-state index contributed by atoms with van der Waals surface area (Å²) in [5.74, 6) is 0.976. The first-order valence-electron chi connectivity index (χ1n) is 9.60. The van der Waals surface area contributed by atoms with Crippen molar-refractivity contribution in [1.29, 1.82) is 0 Å². The number of rotatable bonds is 9. The zero-order valence-electron chi connectivity index (χ0n) is 16.8. The van der Waals surface area contributed by atoms with Crippen molar-refractivity contribution in [3.05, 3.63) is 71.3 Å². The molecule has 2 aromatic carbocycles. The van der Waals surface area contributed by atoms with Crippen LogP contribution in [-0.2, 0) is 6.54 Å². The van der Waals surface area contributed by atoms with E-state index in [0.29, 0.717) is 12.4 Å². The fraction of sp³-hybridized carbons (Fsp3) is 0.190. The second kappa shape index (κ2) is 11.4. The van der Waals surface area contributed by atoms with E-state index in [0.717, 1.165) is 17.7 Å². The molecular formula is C21H22ClFN6OS. The fourth-order valence-corrected chi connectivity index (χ4v) is 3.36. The van der Waals surface area contributed by atoms with Crippen LogP contribution in [0.1, 0.15) is 18.9 Å². The van der Waals surface area contributed by atoms with Gasteiger partial charge in [-0.05, 0) is 24.1 Å². The Labute approximate surface area is 189 Å². The Bertz CT molecular complexity index is 1020. The van der Waals surface area contributed by atoms with Gasteiger partial charge in [0, 0.05) is 18.4 Å². The van der Waals surface area contributed by atoms with Crippen LogP contribution in [0, 0.1) is 5.82 Å². The maximum atomic E-state index is 14.7. The smallest absolute Gasteiger partial charge is 0.324 e. The molecule has 3 aromatic rings. The van der Waals surface area contributed by atoms with E-state index in [2.05, 4.69) is 30.6 Å². The van der Waals surface area contributed by atoms with Gasteiger partial charge in [-0.3, -0.25) is 5.32 Å². The third-order valence-electron chi connectivity index (χ3n) is 4.04. The molecule has 2 amide bonds. The van der Waals surface area contributed by atoms with Crippen LogP contribution < -0.4 is 20.7 Å². The van der Waals surface area contributed by atoms with Gasteiger partial charge < -0.3 is 15.4 Å². The Morgan fingerprint density at radius 1 is 1.10 bits per heavy atom. The minimum atomic E-state index is -0.674. The molecule has 0 saturated heterocycles. The van der Waals surface area contributed by atoms with Crippen molar-refractivity contribution in [3.63, 3.8) is 0 Å². The molecule has 0 spiro atoms. The van der Waals surface area contributed by atoms with E-state index >= 15 is 0 Å². The van der Waals surface area contributed by atoms with E-state index in [-0.39, 0.29) is 22.2 Å². The van der Waals surface area contributed by atoms with Gasteiger partial charge in [0.1, 0.15) is 18.0 Å². The van der Waals surface area contributed by atoms with Crippen LogP contribution in [-0.4, -0.2) is 21.8 Å². The molecule has 162 valence electrons. The number of nitrogens with one attached hydrogen (secondary N) is 4. The molecule has 0 radical (unpaired) electrons. The molecule has 0 bridgehead atoms. The number of halogens is 2. The number of hydrogen-bond acceptors (Lipinski definition) is 6. The van der Waals surface area contributed by atoms with Crippen molar-refractivity contribution in [2.75, 3.05) is 26.4 Å². The molecule has 3 rings (SSSR count). The molecule has 0 aliphatic rings. The second-order valence-electron chi connectivity index (χ2n) is 6.44. The van der Waals surface area contributed by atoms with Crippen LogP contribution in [0.2, 0.25) is 5.02 Å². The predicted octanol–water partition coefficient (Wildman–Crippen LogP) is 6.00. The molecule has 7 nitrogen and oxygen atoms in total. The molecule has 0 fully saturated rings. The number of carbonyl (C=O) groups is 1. The topological polar surface area (TPSA) is 91.0 Å². The first kappa shape index (κ1) is 22.6. The molecule has 0 aliphatic heterocycles. The number of benzene rings is 2. The zero-order valence-corrected chi connectivity index (χ0v) is 18.4. The fourth-order valence-electron chi connectivity index (χ4n) is 2.55. The number of carbonyl (C=O) groups excluding carboxylic acids is 1. The third-order valence-corrected chi connectivity index (χ3v) is 5.33. The highest BCUT2D eigenvalue weighted by Gasteiger charge is 2.16. The molecule has 1 aromatic heterocycles. The largest absolute Gasteiger partial charge is 0.366 e. The number of aromatic nitrogens is 2. The van der Waals surface area contributed by atoms with E-state index < -0.39 is 11.8 Å². The molecule has 1 heterocycles. The zero-order chi connectivity index (χ0) is 22.1. The molecule has 0 saturated carbocycles. The van der Waals surface area contributed by atoms with Crippen molar-refractivity contribution in [3.8, 4) is 0 Å². The molecule has 4 N–H and O–H groups in total. The lowest BCUT2D eigenvalue weighted by atomic mass is 10.2. The second-order valence-corrected chi connectivity index (χ2v) is 7.75. The average Bonchev–Trinajstić information content (AvgIpc) is 2.78. The van der Waals surface area contributed by atoms with Gasteiger partial charge in [-0.15, -0.1) is 0 Å². The Kier molecular flexibility index (Phi) is 8.31. The van der Waals surface area contributed by atoms with Gasteiger partial charge in [0.05, 0.1) is 16.4 Å². The third kappa shape index (κ3) is 6.73. The van der Waals surface area contributed by atoms with Crippen LogP contribution in [0.5, 0.6) is 0 Å². The number of anilines is 4. The van der Waals surface area contributed by atoms with E-state index in [9.17, 15) is 9.18 Å². The van der Waals surface area contributed by atoms with E-state index in [4.69, 9.17) is 11.6 Å². The molecular weight excluding hydrogens is 439 g/mol. The highest BCUT2D eigenvalue weighted by molar-refractivity contribution is 8.00. The summed E-state index contributed by atoms with van der Waals surface area (Å²) >= 11 is 7.46. The van der Waals surface area contributed by atoms with E-state index in [1.807, 2.05) is 37.3 Å². The summed E-state index contributed by atoms with van der Waals surface area (Å²) in [5, 5.41) is 8.26. The van der Waals surface area contributed by atoms with Crippen LogP contribution in [0.15, 0.2) is 54.9 Å². The van der Waals surface area contributed by atoms with Crippen LogP contribution >= 0.6 is 23.5 Å². The Morgan fingerprint density at radius 2 is 1.87 bits per heavy atom. The molecule has 0 aliphatic carbocycles. The lowest BCUT2D eigenvalue weighted by molar-refractivity contribution is 0.262. The summed E-state index contributed by atoms with van der Waals surface area (Å²) in [5.41, 5.74) is 1.22. The van der Waals surface area contributed by atoms with Crippen molar-refractivity contribution < 1.29 is 9.18 Å². The van der Waals surface area contributed by atoms with Crippen LogP contribution in [0.3, 0.4) is 0 Å². The average molecular weight is 461 g/mol. The van der Waals surface area contributed by atoms with E-state index in [1.165, 1.54) is 30.4 Å². The first-order chi connectivity index (χ1) is 15.1. The standard InChI is InChI=1S/C21H22ClFN6OS/c1-2-10-31-29-16-9-8-15(22)20(19(16)23)28-21(30)27-18-11-17(25-13-26-18)24-12-14-6-4-3-5-7-14/h3-9,11,13,29H,2,10,12H2,1H3,(H3,24,25,26,27,28,30). The minimum absolute atomic E-state index is 0.0894. The maximum Gasteiger partial charge on any atom is 0.324 e. The lowest BCUT2D eigenvalue weighted by Gasteiger charge is -2.13. The van der Waals surface area contributed by atoms with Gasteiger partial charge in [-0.25, -0.2) is 19.2 Å². The number of amides is 2. The normalized spacial score (nSPS) is 10.4. The van der Waals surface area contributed by atoms with Crippen molar-refractivity contribution in [1.82, 2.24) is 9.97 Å². The summed E-state index contributed by atoms with van der Waals surface area (Å²) in [6.07, 6.45) is 2.27. The molecule has 0 atom stereocenters. The van der Waals surface area contributed by atoms with Gasteiger partial charge in [-0.1, -0.05) is 60.8 Å². The van der Waals surface area contributed by atoms with E-state index in [1.54, 1.807) is 6.07 Å². The number of hydrogen-bond donors (Lipinski definition) is 4. The quantitative estimate of drug-likeness (QED) is 0.231. The predicted molar refractivity (Wildman–Crippen MR) is 126 cm³/mol. The van der Waals surface area contributed by atoms with Gasteiger partial charge in [0.2, 0.25) is 0 Å². The molecule has 0 unspecified atom stereocenters. The van der Waals surface area contributed by atoms with Crippen molar-refractivity contribution >= 4 is 52.6 Å². The lowest BCUT2D eigenvalue weighted by Crippen LogP contribution is -2.21. The number of nitrogens with zero attached hydrogens (tertiary/aromatic N) is 2. The van der Waals surface area contributed by atoms with Gasteiger partial charge in [0.25, 0.3) is 0 Å².